The zero-order valence-electron chi connectivity index (χ0n) is 15.0. The molecule has 27 heavy (non-hydrogen) atoms. The highest BCUT2D eigenvalue weighted by Crippen LogP contribution is 2.20. The molecule has 0 bridgehead atoms. The van der Waals surface area contributed by atoms with Crippen LogP contribution in [0.1, 0.15) is 17.7 Å². The number of hydrogen-bond donors (Lipinski definition) is 1. The van der Waals surface area contributed by atoms with E-state index in [4.69, 9.17) is 0 Å². The summed E-state index contributed by atoms with van der Waals surface area (Å²) in [6, 6.07) is 11.6. The number of hydrogen-bond acceptors (Lipinski definition) is 5. The smallest absolute Gasteiger partial charge is 0.286 e. The van der Waals surface area contributed by atoms with Crippen molar-refractivity contribution in [2.24, 2.45) is 15.9 Å². The van der Waals surface area contributed by atoms with E-state index in [0.717, 1.165) is 24.6 Å². The summed E-state index contributed by atoms with van der Waals surface area (Å²) >= 11 is 1.71. The first kappa shape index (κ1) is 18.0. The van der Waals surface area contributed by atoms with Gasteiger partial charge in [0.1, 0.15) is 0 Å². The minimum absolute atomic E-state index is 0.00695. The first-order chi connectivity index (χ1) is 13.2. The Balaban J connectivity index is 1.30. The fraction of sp³-hybridized carbons (Fsp3) is 0.400. The predicted molar refractivity (Wildman–Crippen MR) is 103 cm³/mol. The third-order valence-electron chi connectivity index (χ3n) is 5.09. The Morgan fingerprint density at radius 1 is 1.15 bits per heavy atom. The van der Waals surface area contributed by atoms with Gasteiger partial charge < -0.3 is 5.32 Å². The standard InChI is InChI=1S/C20H22N4O2S/c25-19(21-10-7-15-4-3-13-27-15)14-8-11-24(12-9-14)18-20(26)23-17-6-2-1-5-16(17)22-18/h1-6,13-14,18H,7-12H2,(H,21,25). The molecule has 3 heterocycles. The molecule has 6 nitrogen and oxygen atoms in total. The van der Waals surface area contributed by atoms with Crippen molar-refractivity contribution in [2.75, 3.05) is 19.6 Å². The number of carbonyl (C=O) groups excluding carboxylic acids is 2. The maximum Gasteiger partial charge on any atom is 0.286 e. The average molecular weight is 382 g/mol. The second-order valence-electron chi connectivity index (χ2n) is 6.87. The van der Waals surface area contributed by atoms with Gasteiger partial charge in [-0.2, -0.15) is 0 Å². The monoisotopic (exact) mass is 382 g/mol. The van der Waals surface area contributed by atoms with Crippen LogP contribution in [0.15, 0.2) is 51.8 Å². The number of amides is 2. The number of carbonyl (C=O) groups is 2. The molecule has 140 valence electrons. The molecule has 4 rings (SSSR count). The molecular weight excluding hydrogens is 360 g/mol. The second kappa shape index (κ2) is 8.10. The molecule has 0 spiro atoms. The molecule has 0 saturated carbocycles. The van der Waals surface area contributed by atoms with Gasteiger partial charge in [0.2, 0.25) is 5.91 Å². The van der Waals surface area contributed by atoms with Crippen molar-refractivity contribution in [1.29, 1.82) is 0 Å². The van der Waals surface area contributed by atoms with Gasteiger partial charge in [-0.05, 0) is 42.8 Å². The molecule has 7 heteroatoms. The van der Waals surface area contributed by atoms with Crippen LogP contribution in [-0.4, -0.2) is 42.5 Å². The molecule has 2 aliphatic rings. The number of thiophene rings is 1. The van der Waals surface area contributed by atoms with Gasteiger partial charge in [0.05, 0.1) is 10.7 Å². The van der Waals surface area contributed by atoms with Crippen LogP contribution in [0.4, 0.5) is 0 Å². The zero-order chi connectivity index (χ0) is 18.6. The number of nitrogens with zero attached hydrogens (tertiary/aromatic N) is 3. The second-order valence-corrected chi connectivity index (χ2v) is 7.90. The van der Waals surface area contributed by atoms with Crippen LogP contribution in [0.5, 0.6) is 0 Å². The Morgan fingerprint density at radius 3 is 2.67 bits per heavy atom. The van der Waals surface area contributed by atoms with Crippen molar-refractivity contribution >= 4 is 23.2 Å². The van der Waals surface area contributed by atoms with E-state index in [2.05, 4.69) is 26.7 Å². The Kier molecular flexibility index (Phi) is 5.40. The van der Waals surface area contributed by atoms with Gasteiger partial charge >= 0.3 is 0 Å². The van der Waals surface area contributed by atoms with Gasteiger partial charge in [0, 0.05) is 30.4 Å². The first-order valence-electron chi connectivity index (χ1n) is 9.30. The highest BCUT2D eigenvalue weighted by molar-refractivity contribution is 7.09. The summed E-state index contributed by atoms with van der Waals surface area (Å²) in [6.07, 6.45) is 1.80. The van der Waals surface area contributed by atoms with Crippen LogP contribution in [0, 0.1) is 5.92 Å². The van der Waals surface area contributed by atoms with E-state index < -0.39 is 6.17 Å². The quantitative estimate of drug-likeness (QED) is 0.836. The lowest BCUT2D eigenvalue weighted by atomic mass is 9.95. The summed E-state index contributed by atoms with van der Waals surface area (Å²) in [7, 11) is 0. The first-order valence-corrected chi connectivity index (χ1v) is 10.2. The molecule has 1 aromatic carbocycles. The Bertz CT molecular complexity index is 933. The third-order valence-corrected chi connectivity index (χ3v) is 6.03. The molecule has 2 aliphatic heterocycles. The topological polar surface area (TPSA) is 74.1 Å². The number of benzene rings is 1. The molecule has 2 amide bonds. The Morgan fingerprint density at radius 2 is 1.93 bits per heavy atom. The van der Waals surface area contributed by atoms with Crippen LogP contribution < -0.4 is 16.0 Å². The number of nitrogens with one attached hydrogen (secondary N) is 1. The third kappa shape index (κ3) is 4.14. The number of fused-ring (bicyclic) bond motifs is 1. The highest BCUT2D eigenvalue weighted by atomic mass is 32.1. The lowest BCUT2D eigenvalue weighted by Crippen LogP contribution is -2.50. The number of para-hydroxylation sites is 2. The van der Waals surface area contributed by atoms with Gasteiger partial charge in [0.15, 0.2) is 6.17 Å². The van der Waals surface area contributed by atoms with Crippen LogP contribution in [0.25, 0.3) is 0 Å². The average Bonchev–Trinajstić information content (AvgIpc) is 3.21. The summed E-state index contributed by atoms with van der Waals surface area (Å²) in [5.41, 5.74) is 0. The van der Waals surface area contributed by atoms with Crippen molar-refractivity contribution in [3.63, 3.8) is 0 Å². The minimum Gasteiger partial charge on any atom is -0.355 e. The van der Waals surface area contributed by atoms with Crippen LogP contribution in [-0.2, 0) is 16.0 Å². The number of likely N-dealkylation sites (tertiary alicyclic amines) is 1. The number of rotatable bonds is 5. The normalized spacial score (nSPS) is 20.4. The molecule has 0 aliphatic carbocycles. The van der Waals surface area contributed by atoms with Gasteiger partial charge in [-0.3, -0.25) is 19.5 Å². The van der Waals surface area contributed by atoms with E-state index in [1.54, 1.807) is 17.4 Å². The lowest BCUT2D eigenvalue weighted by Gasteiger charge is -2.34. The summed E-state index contributed by atoms with van der Waals surface area (Å²) in [4.78, 5) is 36.8. The van der Waals surface area contributed by atoms with Crippen LogP contribution >= 0.6 is 11.3 Å². The fourth-order valence-electron chi connectivity index (χ4n) is 3.58. The van der Waals surface area contributed by atoms with Crippen molar-refractivity contribution in [3.8, 4) is 0 Å². The molecular formula is C20H22N4O2S. The van der Waals surface area contributed by atoms with E-state index in [1.807, 2.05) is 29.2 Å². The predicted octanol–water partition coefficient (Wildman–Crippen LogP) is 0.924. The number of piperidine rings is 1. The van der Waals surface area contributed by atoms with Crippen molar-refractivity contribution in [1.82, 2.24) is 10.2 Å². The zero-order valence-corrected chi connectivity index (χ0v) is 15.8. The van der Waals surface area contributed by atoms with Gasteiger partial charge in [-0.25, -0.2) is 4.99 Å². The van der Waals surface area contributed by atoms with E-state index in [9.17, 15) is 9.59 Å². The molecule has 0 radical (unpaired) electrons. The molecule has 2 aromatic rings. The van der Waals surface area contributed by atoms with Crippen molar-refractivity contribution in [3.05, 3.63) is 57.4 Å². The Hall–Kier alpha value is -2.38. The van der Waals surface area contributed by atoms with Gasteiger partial charge in [-0.15, -0.1) is 11.3 Å². The van der Waals surface area contributed by atoms with Crippen molar-refractivity contribution < 1.29 is 9.59 Å². The van der Waals surface area contributed by atoms with Crippen molar-refractivity contribution in [2.45, 2.75) is 25.4 Å². The lowest BCUT2D eigenvalue weighted by molar-refractivity contribution is -0.127. The van der Waals surface area contributed by atoms with E-state index in [0.29, 0.717) is 25.0 Å². The molecule has 1 N–H and O–H groups in total. The fourth-order valence-corrected chi connectivity index (χ4v) is 4.29. The van der Waals surface area contributed by atoms with Crippen LogP contribution in [0.2, 0.25) is 0 Å². The van der Waals surface area contributed by atoms with E-state index in [-0.39, 0.29) is 17.7 Å². The molecule has 1 atom stereocenters. The summed E-state index contributed by atoms with van der Waals surface area (Å²) < 4.78 is 0. The molecule has 1 saturated heterocycles. The summed E-state index contributed by atoms with van der Waals surface area (Å²) in [6.45, 7) is 2.03. The molecule has 1 unspecified atom stereocenters. The summed E-state index contributed by atoms with van der Waals surface area (Å²) in [5, 5.41) is 6.50. The van der Waals surface area contributed by atoms with Crippen LogP contribution in [0.3, 0.4) is 0 Å². The maximum absolute atomic E-state index is 12.4. The SMILES string of the molecule is O=C(NCCc1cccs1)C1CCN(C2N=c3ccccc3=NC2=O)CC1. The Labute approximate surface area is 161 Å². The molecule has 1 aromatic heterocycles. The molecule has 1 fully saturated rings. The summed E-state index contributed by atoms with van der Waals surface area (Å²) in [5.74, 6) is -0.0896. The van der Waals surface area contributed by atoms with Gasteiger partial charge in [0.25, 0.3) is 5.91 Å². The van der Waals surface area contributed by atoms with E-state index in [1.165, 1.54) is 4.88 Å². The van der Waals surface area contributed by atoms with E-state index >= 15 is 0 Å². The highest BCUT2D eigenvalue weighted by Gasteiger charge is 2.32. The maximum atomic E-state index is 12.4. The van der Waals surface area contributed by atoms with Gasteiger partial charge in [-0.1, -0.05) is 18.2 Å². The largest absolute Gasteiger partial charge is 0.355 e. The minimum atomic E-state index is -0.553.